The highest BCUT2D eigenvalue weighted by atomic mass is 16.5. The van der Waals surface area contributed by atoms with Gasteiger partial charge in [-0.1, -0.05) is 26.7 Å². The molecule has 0 aliphatic rings. The van der Waals surface area contributed by atoms with Crippen LogP contribution in [0.1, 0.15) is 44.0 Å². The molecular weight excluding hydrogens is 240 g/mol. The van der Waals surface area contributed by atoms with Gasteiger partial charge < -0.3 is 15.8 Å². The highest BCUT2D eigenvalue weighted by molar-refractivity contribution is 5.91. The van der Waals surface area contributed by atoms with Crippen molar-refractivity contribution in [3.8, 4) is 0 Å². The van der Waals surface area contributed by atoms with Crippen LogP contribution >= 0.6 is 0 Å². The Morgan fingerprint density at radius 2 is 2.00 bits per heavy atom. The molecule has 19 heavy (non-hydrogen) atoms. The van der Waals surface area contributed by atoms with E-state index in [-0.39, 0.29) is 5.97 Å². The predicted molar refractivity (Wildman–Crippen MR) is 79.4 cm³/mol. The molecule has 0 heterocycles. The number of esters is 1. The monoisotopic (exact) mass is 264 g/mol. The number of rotatable bonds is 7. The number of nitrogens with one attached hydrogen (secondary N) is 1. The Kier molecular flexibility index (Phi) is 6.19. The van der Waals surface area contributed by atoms with Crippen LogP contribution in [0.2, 0.25) is 0 Å². The Hall–Kier alpha value is -1.71. The number of carbonyl (C=O) groups is 1. The minimum absolute atomic E-state index is 0.333. The molecule has 0 saturated carbocycles. The van der Waals surface area contributed by atoms with Gasteiger partial charge in [-0.2, -0.15) is 0 Å². The molecule has 0 aliphatic heterocycles. The first-order chi connectivity index (χ1) is 9.12. The molecule has 1 aromatic rings. The van der Waals surface area contributed by atoms with Crippen molar-refractivity contribution in [2.24, 2.45) is 5.92 Å². The standard InChI is InChI=1S/C15H24N2O2/c1-4-11(5-2)10-17-14-8-7-12(9-13(14)16)15(18)19-6-3/h7-9,11,17H,4-6,10,16H2,1-3H3. The lowest BCUT2D eigenvalue weighted by molar-refractivity contribution is 0.0526. The SMILES string of the molecule is CCOC(=O)c1ccc(NCC(CC)CC)c(N)c1. The van der Waals surface area contributed by atoms with Crippen molar-refractivity contribution in [3.63, 3.8) is 0 Å². The van der Waals surface area contributed by atoms with Crippen LogP contribution in [0.4, 0.5) is 11.4 Å². The summed E-state index contributed by atoms with van der Waals surface area (Å²) in [5, 5.41) is 3.34. The fraction of sp³-hybridized carbons (Fsp3) is 0.533. The summed E-state index contributed by atoms with van der Waals surface area (Å²) in [7, 11) is 0. The van der Waals surface area contributed by atoms with E-state index < -0.39 is 0 Å². The maximum Gasteiger partial charge on any atom is 0.338 e. The summed E-state index contributed by atoms with van der Waals surface area (Å²) in [4.78, 5) is 11.6. The van der Waals surface area contributed by atoms with E-state index in [4.69, 9.17) is 10.5 Å². The molecule has 0 amide bonds. The van der Waals surface area contributed by atoms with E-state index >= 15 is 0 Å². The van der Waals surface area contributed by atoms with Crippen molar-refractivity contribution in [1.29, 1.82) is 0 Å². The van der Waals surface area contributed by atoms with Crippen LogP contribution < -0.4 is 11.1 Å². The maximum absolute atomic E-state index is 11.6. The summed E-state index contributed by atoms with van der Waals surface area (Å²) in [5.41, 5.74) is 7.90. The summed E-state index contributed by atoms with van der Waals surface area (Å²) in [6, 6.07) is 5.24. The van der Waals surface area contributed by atoms with Crippen molar-refractivity contribution in [2.45, 2.75) is 33.6 Å². The minimum atomic E-state index is -0.333. The summed E-state index contributed by atoms with van der Waals surface area (Å²) < 4.78 is 4.94. The van der Waals surface area contributed by atoms with Crippen LogP contribution in [0.3, 0.4) is 0 Å². The van der Waals surface area contributed by atoms with Gasteiger partial charge in [-0.05, 0) is 31.0 Å². The third kappa shape index (κ3) is 4.47. The molecule has 1 rings (SSSR count). The molecule has 3 N–H and O–H groups in total. The van der Waals surface area contributed by atoms with E-state index in [2.05, 4.69) is 19.2 Å². The van der Waals surface area contributed by atoms with Crippen LogP contribution in [0.25, 0.3) is 0 Å². The Morgan fingerprint density at radius 1 is 1.32 bits per heavy atom. The first-order valence-electron chi connectivity index (χ1n) is 6.92. The van der Waals surface area contributed by atoms with Gasteiger partial charge in [-0.3, -0.25) is 0 Å². The third-order valence-electron chi connectivity index (χ3n) is 3.30. The molecule has 0 radical (unpaired) electrons. The zero-order valence-corrected chi connectivity index (χ0v) is 12.0. The summed E-state index contributed by atoms with van der Waals surface area (Å²) in [6.07, 6.45) is 2.29. The number of carbonyl (C=O) groups excluding carboxylic acids is 1. The van der Waals surface area contributed by atoms with Gasteiger partial charge in [-0.15, -0.1) is 0 Å². The lowest BCUT2D eigenvalue weighted by Gasteiger charge is -2.16. The molecule has 0 saturated heterocycles. The number of nitrogens with two attached hydrogens (primary N) is 1. The number of hydrogen-bond donors (Lipinski definition) is 2. The van der Waals surface area contributed by atoms with Crippen molar-refractivity contribution < 1.29 is 9.53 Å². The highest BCUT2D eigenvalue weighted by Crippen LogP contribution is 2.21. The Bertz CT molecular complexity index is 415. The van der Waals surface area contributed by atoms with Crippen molar-refractivity contribution in [1.82, 2.24) is 0 Å². The molecule has 0 aliphatic carbocycles. The predicted octanol–water partition coefficient (Wildman–Crippen LogP) is 3.29. The van der Waals surface area contributed by atoms with Crippen LogP contribution in [-0.4, -0.2) is 19.1 Å². The van der Waals surface area contributed by atoms with Gasteiger partial charge in [0.2, 0.25) is 0 Å². The van der Waals surface area contributed by atoms with Gasteiger partial charge in [0, 0.05) is 6.54 Å². The lowest BCUT2D eigenvalue weighted by atomic mass is 10.0. The molecule has 0 fully saturated rings. The number of anilines is 2. The molecule has 4 heteroatoms. The zero-order valence-electron chi connectivity index (χ0n) is 12.0. The molecule has 0 bridgehead atoms. The van der Waals surface area contributed by atoms with Crippen LogP contribution in [0.5, 0.6) is 0 Å². The van der Waals surface area contributed by atoms with E-state index in [1.54, 1.807) is 19.1 Å². The second-order valence-corrected chi connectivity index (χ2v) is 4.59. The molecule has 106 valence electrons. The second-order valence-electron chi connectivity index (χ2n) is 4.59. The summed E-state index contributed by atoms with van der Waals surface area (Å²) in [5.74, 6) is 0.310. The number of hydrogen-bond acceptors (Lipinski definition) is 4. The normalized spacial score (nSPS) is 10.5. The van der Waals surface area contributed by atoms with Gasteiger partial charge in [-0.25, -0.2) is 4.79 Å². The van der Waals surface area contributed by atoms with Crippen molar-refractivity contribution in [3.05, 3.63) is 23.8 Å². The number of nitrogen functional groups attached to an aromatic ring is 1. The van der Waals surface area contributed by atoms with Crippen LogP contribution in [0, 0.1) is 5.92 Å². The van der Waals surface area contributed by atoms with Gasteiger partial charge in [0.15, 0.2) is 0 Å². The summed E-state index contributed by atoms with van der Waals surface area (Å²) >= 11 is 0. The average Bonchev–Trinajstić information content (AvgIpc) is 2.41. The molecular formula is C15H24N2O2. The van der Waals surface area contributed by atoms with Crippen LogP contribution in [0.15, 0.2) is 18.2 Å². The Labute approximate surface area is 115 Å². The van der Waals surface area contributed by atoms with Gasteiger partial charge in [0.25, 0.3) is 0 Å². The van der Waals surface area contributed by atoms with Crippen molar-refractivity contribution in [2.75, 3.05) is 24.2 Å². The third-order valence-corrected chi connectivity index (χ3v) is 3.30. The van der Waals surface area contributed by atoms with Crippen LogP contribution in [-0.2, 0) is 4.74 Å². The molecule has 0 aromatic heterocycles. The minimum Gasteiger partial charge on any atom is -0.462 e. The fourth-order valence-corrected chi connectivity index (χ4v) is 1.90. The smallest absolute Gasteiger partial charge is 0.338 e. The second kappa shape index (κ2) is 7.67. The van der Waals surface area contributed by atoms with Gasteiger partial charge in [0.1, 0.15) is 0 Å². The fourth-order valence-electron chi connectivity index (χ4n) is 1.90. The van der Waals surface area contributed by atoms with E-state index in [1.807, 2.05) is 6.07 Å². The Balaban J connectivity index is 2.69. The van der Waals surface area contributed by atoms with E-state index in [0.29, 0.717) is 23.8 Å². The lowest BCUT2D eigenvalue weighted by Crippen LogP contribution is -2.14. The molecule has 1 aromatic carbocycles. The maximum atomic E-state index is 11.6. The van der Waals surface area contributed by atoms with E-state index in [0.717, 1.165) is 25.1 Å². The molecule has 0 unspecified atom stereocenters. The molecule has 0 spiro atoms. The molecule has 0 atom stereocenters. The number of ether oxygens (including phenoxy) is 1. The summed E-state index contributed by atoms with van der Waals surface area (Å²) in [6.45, 7) is 7.42. The van der Waals surface area contributed by atoms with Gasteiger partial charge in [0.05, 0.1) is 23.5 Å². The Morgan fingerprint density at radius 3 is 2.53 bits per heavy atom. The van der Waals surface area contributed by atoms with E-state index in [1.165, 1.54) is 0 Å². The first-order valence-corrected chi connectivity index (χ1v) is 6.92. The zero-order chi connectivity index (χ0) is 14.3. The number of benzene rings is 1. The first kappa shape index (κ1) is 15.3. The van der Waals surface area contributed by atoms with Crippen molar-refractivity contribution >= 4 is 17.3 Å². The average molecular weight is 264 g/mol. The van der Waals surface area contributed by atoms with E-state index in [9.17, 15) is 4.79 Å². The highest BCUT2D eigenvalue weighted by Gasteiger charge is 2.09. The largest absolute Gasteiger partial charge is 0.462 e. The van der Waals surface area contributed by atoms with Gasteiger partial charge >= 0.3 is 5.97 Å². The topological polar surface area (TPSA) is 64.3 Å². The molecule has 4 nitrogen and oxygen atoms in total. The quantitative estimate of drug-likeness (QED) is 0.586.